The average Bonchev–Trinajstić information content (AvgIpc) is 2.30. The number of halogens is 1. The molecule has 1 rings (SSSR count). The van der Waals surface area contributed by atoms with Gasteiger partial charge in [-0.25, -0.2) is 0 Å². The van der Waals surface area contributed by atoms with Gasteiger partial charge in [-0.1, -0.05) is 16.8 Å². The molecule has 4 heteroatoms. The van der Waals surface area contributed by atoms with Crippen molar-refractivity contribution < 1.29 is 9.57 Å². The molecule has 1 radical (unpaired) electrons. The van der Waals surface area contributed by atoms with Crippen molar-refractivity contribution in [1.82, 2.24) is 0 Å². The van der Waals surface area contributed by atoms with E-state index in [0.29, 0.717) is 12.4 Å². The van der Waals surface area contributed by atoms with Gasteiger partial charge in [-0.15, -0.1) is 0 Å². The zero-order valence-electron chi connectivity index (χ0n) is 8.10. The molecule has 0 spiro atoms. The summed E-state index contributed by atoms with van der Waals surface area (Å²) < 4.78 is 4.78. The quantitative estimate of drug-likeness (QED) is 0.437. The normalized spacial score (nSPS) is 11.1. The Bertz CT molecular complexity index is 333. The number of ether oxygens (including phenoxy) is 1. The summed E-state index contributed by atoms with van der Waals surface area (Å²) >= 11 is 5.30. The first kappa shape index (κ1) is 11.6. The molecule has 0 saturated carbocycles. The summed E-state index contributed by atoms with van der Waals surface area (Å²) in [4.78, 5) is 4.89. The largest absolute Gasteiger partial charge is 0.490 e. The average molecular weight is 225 g/mol. The number of nitrogens with zero attached hydrogens (tertiary/aromatic N) is 1. The van der Waals surface area contributed by atoms with Crippen LogP contribution in [0.4, 0.5) is 0 Å². The fourth-order valence-electron chi connectivity index (χ4n) is 0.871. The second kappa shape index (κ2) is 6.90. The van der Waals surface area contributed by atoms with Gasteiger partial charge in [-0.2, -0.15) is 0 Å². The number of hydrogen-bond donors (Lipinski definition) is 0. The third kappa shape index (κ3) is 4.51. The van der Waals surface area contributed by atoms with Crippen LogP contribution < -0.4 is 4.74 Å². The van der Waals surface area contributed by atoms with Crippen molar-refractivity contribution in [2.45, 2.75) is 0 Å². The summed E-state index contributed by atoms with van der Waals surface area (Å²) in [5.74, 6) is 0.707. The molecular formula is C11H11ClNO2. The fourth-order valence-corrected chi connectivity index (χ4v) is 0.943. The van der Waals surface area contributed by atoms with Gasteiger partial charge in [0, 0.05) is 5.54 Å². The molecule has 15 heavy (non-hydrogen) atoms. The molecular weight excluding hydrogens is 214 g/mol. The molecule has 0 atom stereocenters. The first-order chi connectivity index (χ1) is 7.36. The minimum absolute atomic E-state index is 0.361. The van der Waals surface area contributed by atoms with Crippen LogP contribution in [-0.2, 0) is 4.84 Å². The Balaban J connectivity index is 2.42. The van der Waals surface area contributed by atoms with Gasteiger partial charge >= 0.3 is 0 Å². The minimum atomic E-state index is 0.361. The number of hydrogen-bond acceptors (Lipinski definition) is 3. The molecule has 0 aromatic heterocycles. The predicted octanol–water partition coefficient (Wildman–Crippen LogP) is 2.96. The summed E-state index contributed by atoms with van der Waals surface area (Å²) in [6, 6.07) is 7.30. The summed E-state index contributed by atoms with van der Waals surface area (Å²) in [5, 5.41) is 3.74. The van der Waals surface area contributed by atoms with Crippen LogP contribution in [0.25, 0.3) is 0 Å². The van der Waals surface area contributed by atoms with Crippen molar-refractivity contribution in [2.24, 2.45) is 5.16 Å². The molecule has 79 valence electrons. The van der Waals surface area contributed by atoms with Crippen molar-refractivity contribution in [3.63, 3.8) is 0 Å². The van der Waals surface area contributed by atoms with Gasteiger partial charge < -0.3 is 9.57 Å². The zero-order chi connectivity index (χ0) is 10.9. The molecule has 1 aromatic carbocycles. The first-order valence-electron chi connectivity index (χ1n) is 4.29. The molecule has 0 unspecified atom stereocenters. The van der Waals surface area contributed by atoms with Crippen molar-refractivity contribution in [2.75, 3.05) is 6.61 Å². The Morgan fingerprint density at radius 1 is 1.33 bits per heavy atom. The van der Waals surface area contributed by atoms with E-state index < -0.39 is 0 Å². The maximum Gasteiger partial charge on any atom is 0.136 e. The molecule has 1 aromatic rings. The van der Waals surface area contributed by atoms with Crippen LogP contribution >= 0.6 is 11.6 Å². The van der Waals surface area contributed by atoms with Crippen LogP contribution in [0.3, 0.4) is 0 Å². The molecule has 0 bridgehead atoms. The number of benzene rings is 1. The van der Waals surface area contributed by atoms with Crippen LogP contribution in [0.15, 0.2) is 41.0 Å². The highest BCUT2D eigenvalue weighted by Gasteiger charge is 1.90. The van der Waals surface area contributed by atoms with Crippen LogP contribution in [0, 0.1) is 7.11 Å². The number of oxime groups is 1. The maximum absolute atomic E-state index is 5.30. The third-order valence-corrected chi connectivity index (χ3v) is 1.76. The minimum Gasteiger partial charge on any atom is -0.490 e. The third-order valence-electron chi connectivity index (χ3n) is 1.58. The first-order valence-corrected chi connectivity index (χ1v) is 4.73. The monoisotopic (exact) mass is 224 g/mol. The van der Waals surface area contributed by atoms with Crippen molar-refractivity contribution in [3.8, 4) is 5.75 Å². The van der Waals surface area contributed by atoms with Gasteiger partial charge in [0.25, 0.3) is 0 Å². The zero-order valence-corrected chi connectivity index (χ0v) is 8.85. The summed E-state index contributed by atoms with van der Waals surface area (Å²) in [7, 11) is 3.30. The van der Waals surface area contributed by atoms with Gasteiger partial charge in [0.1, 0.15) is 19.5 Å². The van der Waals surface area contributed by atoms with Gasteiger partial charge in [0.05, 0.1) is 6.21 Å². The van der Waals surface area contributed by atoms with Gasteiger partial charge in [0.15, 0.2) is 0 Å². The van der Waals surface area contributed by atoms with Crippen LogP contribution in [0.5, 0.6) is 5.75 Å². The van der Waals surface area contributed by atoms with Crippen molar-refractivity contribution in [1.29, 1.82) is 0 Å². The lowest BCUT2D eigenvalue weighted by molar-refractivity contribution is 0.176. The Kier molecular flexibility index (Phi) is 5.33. The molecule has 0 aliphatic rings. The van der Waals surface area contributed by atoms with Crippen LogP contribution in [0.2, 0.25) is 0 Å². The maximum atomic E-state index is 5.30. The van der Waals surface area contributed by atoms with E-state index in [-0.39, 0.29) is 0 Å². The predicted molar refractivity (Wildman–Crippen MR) is 61.0 cm³/mol. The molecule has 0 amide bonds. The fraction of sp³-hybridized carbons (Fsp3) is 0.0909. The Morgan fingerprint density at radius 2 is 2.07 bits per heavy atom. The lowest BCUT2D eigenvalue weighted by Crippen LogP contribution is -1.86. The van der Waals surface area contributed by atoms with E-state index in [1.165, 1.54) is 5.54 Å². The highest BCUT2D eigenvalue weighted by molar-refractivity contribution is 6.25. The molecule has 0 fully saturated rings. The van der Waals surface area contributed by atoms with Gasteiger partial charge in [-0.05, 0) is 35.9 Å². The van der Waals surface area contributed by atoms with Crippen molar-refractivity contribution >= 4 is 17.8 Å². The highest BCUT2D eigenvalue weighted by atomic mass is 35.5. The lowest BCUT2D eigenvalue weighted by atomic mass is 10.2. The van der Waals surface area contributed by atoms with E-state index in [1.54, 1.807) is 24.4 Å². The van der Waals surface area contributed by atoms with E-state index in [1.807, 2.05) is 12.1 Å². The van der Waals surface area contributed by atoms with E-state index in [4.69, 9.17) is 21.2 Å². The summed E-state index contributed by atoms with van der Waals surface area (Å²) in [6.07, 6.45) is 3.26. The van der Waals surface area contributed by atoms with Gasteiger partial charge in [0.2, 0.25) is 0 Å². The molecule has 0 aliphatic carbocycles. The van der Waals surface area contributed by atoms with Crippen molar-refractivity contribution in [3.05, 3.63) is 48.5 Å². The van der Waals surface area contributed by atoms with E-state index in [9.17, 15) is 0 Å². The Hall–Kier alpha value is -1.48. The van der Waals surface area contributed by atoms with E-state index in [2.05, 4.69) is 12.3 Å². The lowest BCUT2D eigenvalue weighted by Gasteiger charge is -1.98. The molecule has 0 heterocycles. The van der Waals surface area contributed by atoms with Crippen LogP contribution in [-0.4, -0.2) is 12.8 Å². The summed E-state index contributed by atoms with van der Waals surface area (Å²) in [5.41, 5.74) is 2.31. The second-order valence-electron chi connectivity index (χ2n) is 2.61. The topological polar surface area (TPSA) is 30.8 Å². The second-order valence-corrected chi connectivity index (χ2v) is 2.86. The highest BCUT2D eigenvalue weighted by Crippen LogP contribution is 2.10. The summed E-state index contributed by atoms with van der Waals surface area (Å²) in [6.45, 7) is 0.361. The van der Waals surface area contributed by atoms with Gasteiger partial charge in [-0.3, -0.25) is 0 Å². The molecule has 0 N–H and O–H groups in total. The molecule has 0 saturated heterocycles. The Labute approximate surface area is 93.9 Å². The number of rotatable bonds is 5. The SMILES string of the molecule is [CH2]Oc1ccc(/C=N/OC/C=C/Cl)cc1. The molecule has 3 nitrogen and oxygen atoms in total. The van der Waals surface area contributed by atoms with Crippen LogP contribution in [0.1, 0.15) is 5.56 Å². The standard InChI is InChI=1S/C11H11ClNO2/c1-14-11-5-3-10(4-6-11)9-13-15-8-2-7-12/h2-7,9H,1,8H2/b7-2+,13-9+. The van der Waals surface area contributed by atoms with E-state index in [0.717, 1.165) is 5.56 Å². The Morgan fingerprint density at radius 3 is 2.67 bits per heavy atom. The smallest absolute Gasteiger partial charge is 0.136 e. The molecule has 0 aliphatic heterocycles. The van der Waals surface area contributed by atoms with E-state index >= 15 is 0 Å².